The number of fused-ring (bicyclic) bond motifs is 4. The van der Waals surface area contributed by atoms with Gasteiger partial charge in [-0.25, -0.2) is 4.98 Å². The Balaban J connectivity index is 2.36. The van der Waals surface area contributed by atoms with Gasteiger partial charge in [0.05, 0.1) is 15.9 Å². The van der Waals surface area contributed by atoms with Crippen molar-refractivity contribution >= 4 is 38.9 Å². The minimum atomic E-state index is -0.0988. The SMILES string of the molecule is O=c1c2cccc(Cl)c2nc2c3ccccc3ccn12. The fourth-order valence-corrected chi connectivity index (χ4v) is 2.73. The van der Waals surface area contributed by atoms with Crippen molar-refractivity contribution in [3.63, 3.8) is 0 Å². The minimum absolute atomic E-state index is 0.0988. The zero-order valence-electron chi connectivity index (χ0n) is 10.4. The Bertz CT molecular complexity index is 1040. The monoisotopic (exact) mass is 280 g/mol. The number of hydrogen-bond acceptors (Lipinski definition) is 2. The van der Waals surface area contributed by atoms with Crippen LogP contribution in [0.1, 0.15) is 0 Å². The van der Waals surface area contributed by atoms with Gasteiger partial charge in [-0.2, -0.15) is 0 Å². The molecule has 0 saturated carbocycles. The van der Waals surface area contributed by atoms with Crippen LogP contribution in [0.2, 0.25) is 5.02 Å². The number of hydrogen-bond donors (Lipinski definition) is 0. The molecule has 4 heteroatoms. The van der Waals surface area contributed by atoms with E-state index in [1.807, 2.05) is 30.3 Å². The lowest BCUT2D eigenvalue weighted by atomic mass is 10.1. The number of halogens is 1. The molecular weight excluding hydrogens is 272 g/mol. The lowest BCUT2D eigenvalue weighted by Gasteiger charge is -2.07. The molecule has 0 atom stereocenters. The van der Waals surface area contributed by atoms with Crippen LogP contribution in [0.25, 0.3) is 27.3 Å². The van der Waals surface area contributed by atoms with Crippen LogP contribution < -0.4 is 5.56 Å². The third kappa shape index (κ3) is 1.47. The predicted molar refractivity (Wildman–Crippen MR) is 81.5 cm³/mol. The van der Waals surface area contributed by atoms with Crippen molar-refractivity contribution in [1.82, 2.24) is 9.38 Å². The van der Waals surface area contributed by atoms with Crippen LogP contribution >= 0.6 is 11.6 Å². The molecule has 0 aliphatic carbocycles. The highest BCUT2D eigenvalue weighted by Gasteiger charge is 2.09. The van der Waals surface area contributed by atoms with E-state index < -0.39 is 0 Å². The van der Waals surface area contributed by atoms with E-state index in [9.17, 15) is 4.79 Å². The molecule has 0 bridgehead atoms. The van der Waals surface area contributed by atoms with Crippen molar-refractivity contribution in [3.8, 4) is 0 Å². The smallest absolute Gasteiger partial charge is 0.265 e. The second kappa shape index (κ2) is 4.05. The largest absolute Gasteiger partial charge is 0.268 e. The summed E-state index contributed by atoms with van der Waals surface area (Å²) in [5.74, 6) is 0. The van der Waals surface area contributed by atoms with Gasteiger partial charge in [0.2, 0.25) is 0 Å². The summed E-state index contributed by atoms with van der Waals surface area (Å²) in [6.07, 6.45) is 1.76. The zero-order valence-corrected chi connectivity index (χ0v) is 11.1. The molecule has 2 aromatic carbocycles. The summed E-state index contributed by atoms with van der Waals surface area (Å²) >= 11 is 6.17. The van der Waals surface area contributed by atoms with Crippen molar-refractivity contribution in [2.75, 3.05) is 0 Å². The molecule has 0 fully saturated rings. The van der Waals surface area contributed by atoms with Crippen molar-refractivity contribution in [1.29, 1.82) is 0 Å². The molecule has 0 amide bonds. The normalized spacial score (nSPS) is 11.4. The summed E-state index contributed by atoms with van der Waals surface area (Å²) < 4.78 is 1.57. The molecular formula is C16H9ClN2O. The molecule has 0 spiro atoms. The van der Waals surface area contributed by atoms with Gasteiger partial charge in [-0.05, 0) is 23.6 Å². The third-order valence-corrected chi connectivity index (χ3v) is 3.79. The molecule has 2 heterocycles. The summed E-state index contributed by atoms with van der Waals surface area (Å²) in [6.45, 7) is 0. The molecule has 0 unspecified atom stereocenters. The maximum atomic E-state index is 12.5. The second-order valence-corrected chi connectivity index (χ2v) is 5.06. The minimum Gasteiger partial charge on any atom is -0.268 e. The molecule has 0 N–H and O–H groups in total. The topological polar surface area (TPSA) is 34.4 Å². The van der Waals surface area contributed by atoms with Crippen LogP contribution in [0.3, 0.4) is 0 Å². The number of rotatable bonds is 0. The summed E-state index contributed by atoms with van der Waals surface area (Å²) in [5.41, 5.74) is 1.09. The van der Waals surface area contributed by atoms with E-state index in [2.05, 4.69) is 4.98 Å². The standard InChI is InChI=1S/C16H9ClN2O/c17-13-7-3-6-12-14(13)18-15-11-5-2-1-4-10(11)8-9-19(15)16(12)20/h1-9H. The number of nitrogens with zero attached hydrogens (tertiary/aromatic N) is 2. The highest BCUT2D eigenvalue weighted by molar-refractivity contribution is 6.35. The van der Waals surface area contributed by atoms with Gasteiger partial charge in [-0.3, -0.25) is 9.20 Å². The van der Waals surface area contributed by atoms with Gasteiger partial charge in [0.15, 0.2) is 0 Å². The van der Waals surface area contributed by atoms with E-state index >= 15 is 0 Å². The first-order valence-corrected chi connectivity index (χ1v) is 6.62. The molecule has 0 saturated heterocycles. The summed E-state index contributed by atoms with van der Waals surface area (Å²) in [7, 11) is 0. The average molecular weight is 281 g/mol. The molecule has 0 radical (unpaired) electrons. The Morgan fingerprint density at radius 3 is 2.65 bits per heavy atom. The summed E-state index contributed by atoms with van der Waals surface area (Å²) in [6, 6.07) is 15.0. The van der Waals surface area contributed by atoms with E-state index in [-0.39, 0.29) is 5.56 Å². The molecule has 2 aromatic heterocycles. The van der Waals surface area contributed by atoms with E-state index in [1.165, 1.54) is 0 Å². The van der Waals surface area contributed by atoms with E-state index in [1.54, 1.807) is 28.8 Å². The third-order valence-electron chi connectivity index (χ3n) is 3.49. The van der Waals surface area contributed by atoms with Gasteiger partial charge in [-0.15, -0.1) is 0 Å². The van der Waals surface area contributed by atoms with Crippen molar-refractivity contribution in [3.05, 3.63) is 70.1 Å². The van der Waals surface area contributed by atoms with Crippen LogP contribution in [0.5, 0.6) is 0 Å². The van der Waals surface area contributed by atoms with E-state index in [0.717, 1.165) is 10.8 Å². The number of benzene rings is 2. The highest BCUT2D eigenvalue weighted by atomic mass is 35.5. The second-order valence-electron chi connectivity index (χ2n) is 4.65. The molecule has 96 valence electrons. The lowest BCUT2D eigenvalue weighted by Crippen LogP contribution is -2.15. The first kappa shape index (κ1) is 11.4. The van der Waals surface area contributed by atoms with Crippen LogP contribution in [0.15, 0.2) is 59.5 Å². The zero-order chi connectivity index (χ0) is 13.7. The summed E-state index contributed by atoms with van der Waals surface area (Å²) in [5, 5.41) is 3.01. The average Bonchev–Trinajstić information content (AvgIpc) is 2.48. The number of aromatic nitrogens is 2. The van der Waals surface area contributed by atoms with Gasteiger partial charge < -0.3 is 0 Å². The predicted octanol–water partition coefficient (Wildman–Crippen LogP) is 3.65. The van der Waals surface area contributed by atoms with Crippen LogP contribution in [0, 0.1) is 0 Å². The first-order valence-electron chi connectivity index (χ1n) is 6.24. The van der Waals surface area contributed by atoms with Gasteiger partial charge in [0.25, 0.3) is 5.56 Å². The van der Waals surface area contributed by atoms with Gasteiger partial charge in [0.1, 0.15) is 5.65 Å². The maximum absolute atomic E-state index is 12.5. The molecule has 0 aliphatic heterocycles. The van der Waals surface area contributed by atoms with Gasteiger partial charge in [0, 0.05) is 11.6 Å². The van der Waals surface area contributed by atoms with Crippen LogP contribution in [0.4, 0.5) is 0 Å². The Morgan fingerprint density at radius 2 is 1.75 bits per heavy atom. The Hall–Kier alpha value is -2.39. The molecule has 4 rings (SSSR count). The Labute approximate surface area is 119 Å². The molecule has 0 aliphatic rings. The maximum Gasteiger partial charge on any atom is 0.265 e. The fraction of sp³-hybridized carbons (Fsp3) is 0. The summed E-state index contributed by atoms with van der Waals surface area (Å²) in [4.78, 5) is 17.1. The van der Waals surface area contributed by atoms with Gasteiger partial charge in [-0.1, -0.05) is 41.9 Å². The van der Waals surface area contributed by atoms with Crippen LogP contribution in [-0.2, 0) is 0 Å². The highest BCUT2D eigenvalue weighted by Crippen LogP contribution is 2.23. The Kier molecular flexibility index (Phi) is 2.32. The van der Waals surface area contributed by atoms with Crippen molar-refractivity contribution < 1.29 is 0 Å². The first-order chi connectivity index (χ1) is 9.75. The molecule has 4 aromatic rings. The molecule has 20 heavy (non-hydrogen) atoms. The van der Waals surface area contributed by atoms with E-state index in [0.29, 0.717) is 21.6 Å². The van der Waals surface area contributed by atoms with Crippen molar-refractivity contribution in [2.45, 2.75) is 0 Å². The van der Waals surface area contributed by atoms with Gasteiger partial charge >= 0.3 is 0 Å². The quantitative estimate of drug-likeness (QED) is 0.364. The van der Waals surface area contributed by atoms with E-state index in [4.69, 9.17) is 11.6 Å². The van der Waals surface area contributed by atoms with Crippen molar-refractivity contribution in [2.24, 2.45) is 0 Å². The number of pyridine rings is 1. The van der Waals surface area contributed by atoms with Crippen LogP contribution in [-0.4, -0.2) is 9.38 Å². The lowest BCUT2D eigenvalue weighted by molar-refractivity contribution is 1.09. The molecule has 3 nitrogen and oxygen atoms in total. The Morgan fingerprint density at radius 1 is 0.950 bits per heavy atom. The fourth-order valence-electron chi connectivity index (χ4n) is 2.52. The number of para-hydroxylation sites is 1.